The summed E-state index contributed by atoms with van der Waals surface area (Å²) in [7, 11) is 1.61. The van der Waals surface area contributed by atoms with Crippen LogP contribution in [0.2, 0.25) is 0 Å². The summed E-state index contributed by atoms with van der Waals surface area (Å²) < 4.78 is 10.4. The Morgan fingerprint density at radius 2 is 1.92 bits per heavy atom. The number of aromatic nitrogens is 2. The van der Waals surface area contributed by atoms with Crippen molar-refractivity contribution in [1.82, 2.24) is 15.5 Å². The minimum Gasteiger partial charge on any atom is -0.497 e. The van der Waals surface area contributed by atoms with Gasteiger partial charge in [0.1, 0.15) is 5.75 Å². The fraction of sp³-hybridized carbons (Fsp3) is 0.211. The molecule has 128 valence electrons. The Balaban J connectivity index is 1.67. The van der Waals surface area contributed by atoms with Crippen molar-refractivity contribution >= 4 is 5.91 Å². The highest BCUT2D eigenvalue weighted by Gasteiger charge is 2.12. The first kappa shape index (κ1) is 16.7. The Bertz CT molecular complexity index is 885. The fourth-order valence-corrected chi connectivity index (χ4v) is 2.41. The molecule has 1 amide bonds. The van der Waals surface area contributed by atoms with Crippen LogP contribution in [0.15, 0.2) is 47.0 Å². The molecule has 0 radical (unpaired) electrons. The monoisotopic (exact) mass is 337 g/mol. The average Bonchev–Trinajstić information content (AvgIpc) is 3.11. The van der Waals surface area contributed by atoms with E-state index in [2.05, 4.69) is 15.5 Å². The molecule has 6 heteroatoms. The lowest BCUT2D eigenvalue weighted by atomic mass is 10.1. The maximum absolute atomic E-state index is 12.3. The number of rotatable bonds is 5. The molecule has 0 atom stereocenters. The van der Waals surface area contributed by atoms with Crippen LogP contribution in [-0.2, 0) is 6.54 Å². The molecule has 3 rings (SSSR count). The van der Waals surface area contributed by atoms with Gasteiger partial charge in [-0.15, -0.1) is 0 Å². The zero-order valence-electron chi connectivity index (χ0n) is 14.4. The first-order valence-electron chi connectivity index (χ1n) is 7.89. The molecule has 25 heavy (non-hydrogen) atoms. The van der Waals surface area contributed by atoms with E-state index in [0.29, 0.717) is 17.3 Å². The molecule has 0 fully saturated rings. The number of ether oxygens (including phenoxy) is 1. The van der Waals surface area contributed by atoms with Gasteiger partial charge in [0.25, 0.3) is 11.8 Å². The van der Waals surface area contributed by atoms with Crippen molar-refractivity contribution < 1.29 is 14.1 Å². The highest BCUT2D eigenvalue weighted by molar-refractivity contribution is 5.95. The summed E-state index contributed by atoms with van der Waals surface area (Å²) in [6.07, 6.45) is 0. The summed E-state index contributed by atoms with van der Waals surface area (Å²) in [5.41, 5.74) is 3.41. The number of nitrogens with zero attached hydrogens (tertiary/aromatic N) is 2. The molecule has 0 aliphatic rings. The van der Waals surface area contributed by atoms with Gasteiger partial charge in [-0.3, -0.25) is 4.79 Å². The van der Waals surface area contributed by atoms with Crippen molar-refractivity contribution in [2.24, 2.45) is 0 Å². The first-order chi connectivity index (χ1) is 12.1. The fourth-order valence-electron chi connectivity index (χ4n) is 2.41. The molecule has 1 N–H and O–H groups in total. The van der Waals surface area contributed by atoms with Gasteiger partial charge >= 0.3 is 0 Å². The molecule has 0 aliphatic heterocycles. The zero-order valence-corrected chi connectivity index (χ0v) is 14.4. The summed E-state index contributed by atoms with van der Waals surface area (Å²) >= 11 is 0. The van der Waals surface area contributed by atoms with E-state index >= 15 is 0 Å². The van der Waals surface area contributed by atoms with Gasteiger partial charge in [0, 0.05) is 11.1 Å². The average molecular weight is 337 g/mol. The smallest absolute Gasteiger partial charge is 0.257 e. The van der Waals surface area contributed by atoms with Gasteiger partial charge in [-0.2, -0.15) is 4.98 Å². The molecule has 2 aromatic carbocycles. The van der Waals surface area contributed by atoms with Crippen LogP contribution in [0.4, 0.5) is 0 Å². The SMILES string of the molecule is COc1ccc(-c2nc(CNC(=O)c3cc(C)ccc3C)no2)cc1. The van der Waals surface area contributed by atoms with Gasteiger partial charge in [-0.1, -0.05) is 22.9 Å². The first-order valence-corrected chi connectivity index (χ1v) is 7.89. The van der Waals surface area contributed by atoms with E-state index < -0.39 is 0 Å². The maximum Gasteiger partial charge on any atom is 0.257 e. The largest absolute Gasteiger partial charge is 0.497 e. The molecule has 6 nitrogen and oxygen atoms in total. The Morgan fingerprint density at radius 3 is 2.64 bits per heavy atom. The minimum absolute atomic E-state index is 0.156. The third-order valence-corrected chi connectivity index (χ3v) is 3.85. The maximum atomic E-state index is 12.3. The van der Waals surface area contributed by atoms with Crippen LogP contribution in [0.3, 0.4) is 0 Å². The standard InChI is InChI=1S/C19H19N3O3/c1-12-4-5-13(2)16(10-12)18(23)20-11-17-21-19(25-22-17)14-6-8-15(24-3)9-7-14/h4-10H,11H2,1-3H3,(H,20,23). The third-order valence-electron chi connectivity index (χ3n) is 3.85. The Labute approximate surface area is 145 Å². The van der Waals surface area contributed by atoms with E-state index in [1.807, 2.05) is 56.3 Å². The highest BCUT2D eigenvalue weighted by atomic mass is 16.5. The summed E-state index contributed by atoms with van der Waals surface area (Å²) in [5.74, 6) is 1.42. The normalized spacial score (nSPS) is 10.5. The molecule has 1 heterocycles. The van der Waals surface area contributed by atoms with Crippen molar-refractivity contribution in [2.75, 3.05) is 7.11 Å². The van der Waals surface area contributed by atoms with E-state index in [9.17, 15) is 4.79 Å². The van der Waals surface area contributed by atoms with Crippen LogP contribution in [0, 0.1) is 13.8 Å². The lowest BCUT2D eigenvalue weighted by Crippen LogP contribution is -2.24. The zero-order chi connectivity index (χ0) is 17.8. The molecule has 0 saturated carbocycles. The van der Waals surface area contributed by atoms with Crippen LogP contribution >= 0.6 is 0 Å². The summed E-state index contributed by atoms with van der Waals surface area (Å²) in [5, 5.41) is 6.73. The number of carbonyl (C=O) groups is 1. The molecule has 3 aromatic rings. The van der Waals surface area contributed by atoms with E-state index in [0.717, 1.165) is 22.4 Å². The number of benzene rings is 2. The number of nitrogens with one attached hydrogen (secondary N) is 1. The molecule has 0 unspecified atom stereocenters. The van der Waals surface area contributed by atoms with Crippen molar-refractivity contribution in [3.8, 4) is 17.2 Å². The van der Waals surface area contributed by atoms with Gasteiger partial charge in [0.15, 0.2) is 5.82 Å². The van der Waals surface area contributed by atoms with Gasteiger partial charge < -0.3 is 14.6 Å². The lowest BCUT2D eigenvalue weighted by molar-refractivity contribution is 0.0949. The number of methoxy groups -OCH3 is 1. The highest BCUT2D eigenvalue weighted by Crippen LogP contribution is 2.20. The number of amides is 1. The molecule has 0 aliphatic carbocycles. The molecule has 0 spiro atoms. The quantitative estimate of drug-likeness (QED) is 0.773. The second-order valence-electron chi connectivity index (χ2n) is 5.75. The predicted molar refractivity (Wildman–Crippen MR) is 93.4 cm³/mol. The van der Waals surface area contributed by atoms with Gasteiger partial charge in [-0.25, -0.2) is 0 Å². The molecular weight excluding hydrogens is 318 g/mol. The van der Waals surface area contributed by atoms with Crippen molar-refractivity contribution in [3.63, 3.8) is 0 Å². The van der Waals surface area contributed by atoms with Crippen LogP contribution in [0.5, 0.6) is 5.75 Å². The summed E-state index contributed by atoms with van der Waals surface area (Å²) in [4.78, 5) is 16.6. The molecular formula is C19H19N3O3. The third kappa shape index (κ3) is 3.85. The van der Waals surface area contributed by atoms with E-state index in [1.54, 1.807) is 7.11 Å². The van der Waals surface area contributed by atoms with Crippen LogP contribution in [0.25, 0.3) is 11.5 Å². The Morgan fingerprint density at radius 1 is 1.16 bits per heavy atom. The number of carbonyl (C=O) groups excluding carboxylic acids is 1. The van der Waals surface area contributed by atoms with Crippen molar-refractivity contribution in [3.05, 3.63) is 65.0 Å². The van der Waals surface area contributed by atoms with Crippen molar-refractivity contribution in [1.29, 1.82) is 0 Å². The molecule has 0 saturated heterocycles. The van der Waals surface area contributed by atoms with E-state index in [-0.39, 0.29) is 12.5 Å². The number of hydrogen-bond acceptors (Lipinski definition) is 5. The minimum atomic E-state index is -0.156. The number of aryl methyl sites for hydroxylation is 2. The van der Waals surface area contributed by atoms with Crippen molar-refractivity contribution in [2.45, 2.75) is 20.4 Å². The van der Waals surface area contributed by atoms with Gasteiger partial charge in [-0.05, 0) is 49.7 Å². The Hall–Kier alpha value is -3.15. The van der Waals surface area contributed by atoms with E-state index in [4.69, 9.17) is 9.26 Å². The number of hydrogen-bond donors (Lipinski definition) is 1. The topological polar surface area (TPSA) is 77.2 Å². The predicted octanol–water partition coefficient (Wildman–Crippen LogP) is 3.29. The van der Waals surface area contributed by atoms with Crippen LogP contribution in [-0.4, -0.2) is 23.2 Å². The molecule has 0 bridgehead atoms. The van der Waals surface area contributed by atoms with Gasteiger partial charge in [0.2, 0.25) is 0 Å². The second kappa shape index (κ2) is 7.17. The summed E-state index contributed by atoms with van der Waals surface area (Å²) in [6, 6.07) is 13.1. The van der Waals surface area contributed by atoms with Crippen LogP contribution in [0.1, 0.15) is 27.3 Å². The molecule has 1 aromatic heterocycles. The van der Waals surface area contributed by atoms with Gasteiger partial charge in [0.05, 0.1) is 13.7 Å². The lowest BCUT2D eigenvalue weighted by Gasteiger charge is -2.06. The Kier molecular flexibility index (Phi) is 4.79. The van der Waals surface area contributed by atoms with E-state index in [1.165, 1.54) is 0 Å². The summed E-state index contributed by atoms with van der Waals surface area (Å²) in [6.45, 7) is 4.06. The second-order valence-corrected chi connectivity index (χ2v) is 5.75. The van der Waals surface area contributed by atoms with Crippen LogP contribution < -0.4 is 10.1 Å².